The van der Waals surface area contributed by atoms with Crippen LogP contribution < -0.4 is 0 Å². The molecule has 2 aliphatic heterocycles. The lowest BCUT2D eigenvalue weighted by Gasteiger charge is -2.29. The number of amides is 1. The lowest BCUT2D eigenvalue weighted by molar-refractivity contribution is -0.134. The van der Waals surface area contributed by atoms with E-state index in [0.29, 0.717) is 5.91 Å². The Labute approximate surface area is 125 Å². The van der Waals surface area contributed by atoms with Crippen LogP contribution in [0.3, 0.4) is 0 Å². The van der Waals surface area contributed by atoms with E-state index in [4.69, 9.17) is 0 Å². The second-order valence-corrected chi connectivity index (χ2v) is 6.87. The molecule has 108 valence electrons. The van der Waals surface area contributed by atoms with Gasteiger partial charge in [-0.3, -0.25) is 9.69 Å². The van der Waals surface area contributed by atoms with Gasteiger partial charge < -0.3 is 4.90 Å². The third kappa shape index (κ3) is 3.36. The SMILES string of the molecule is O=C(C1CCN(Cc2ccccc2)C1)N1CCSCC1. The fourth-order valence-corrected chi connectivity index (χ4v) is 3.96. The minimum atomic E-state index is 0.224. The molecule has 0 N–H and O–H groups in total. The molecule has 3 rings (SSSR count). The van der Waals surface area contributed by atoms with Gasteiger partial charge in [-0.15, -0.1) is 0 Å². The van der Waals surface area contributed by atoms with Crippen molar-refractivity contribution in [3.8, 4) is 0 Å². The van der Waals surface area contributed by atoms with Gasteiger partial charge in [-0.1, -0.05) is 30.3 Å². The standard InChI is InChI=1S/C16H22N2OS/c19-16(18-8-10-20-11-9-18)15-6-7-17(13-15)12-14-4-2-1-3-5-14/h1-5,15H,6-13H2. The maximum Gasteiger partial charge on any atom is 0.227 e. The van der Waals surface area contributed by atoms with Gasteiger partial charge in [-0.25, -0.2) is 0 Å². The van der Waals surface area contributed by atoms with Crippen molar-refractivity contribution in [2.45, 2.75) is 13.0 Å². The molecule has 3 nitrogen and oxygen atoms in total. The topological polar surface area (TPSA) is 23.6 Å². The predicted molar refractivity (Wildman–Crippen MR) is 83.7 cm³/mol. The zero-order valence-electron chi connectivity index (χ0n) is 11.8. The average Bonchev–Trinajstić information content (AvgIpc) is 2.97. The highest BCUT2D eigenvalue weighted by Gasteiger charge is 2.31. The number of thioether (sulfide) groups is 1. The molecule has 2 heterocycles. The molecule has 0 bridgehead atoms. The summed E-state index contributed by atoms with van der Waals surface area (Å²) >= 11 is 1.96. The van der Waals surface area contributed by atoms with Gasteiger partial charge in [-0.05, 0) is 18.5 Å². The van der Waals surface area contributed by atoms with Crippen molar-refractivity contribution in [1.82, 2.24) is 9.80 Å². The Hall–Kier alpha value is -1.000. The van der Waals surface area contributed by atoms with Crippen LogP contribution in [0.5, 0.6) is 0 Å². The van der Waals surface area contributed by atoms with Gasteiger partial charge in [0, 0.05) is 37.7 Å². The van der Waals surface area contributed by atoms with E-state index < -0.39 is 0 Å². The molecule has 0 spiro atoms. The molecule has 1 amide bonds. The molecular weight excluding hydrogens is 268 g/mol. The maximum absolute atomic E-state index is 12.5. The van der Waals surface area contributed by atoms with E-state index in [1.807, 2.05) is 17.8 Å². The van der Waals surface area contributed by atoms with Gasteiger partial charge in [0.25, 0.3) is 0 Å². The van der Waals surface area contributed by atoms with Crippen LogP contribution in [0.25, 0.3) is 0 Å². The molecule has 2 fully saturated rings. The average molecular weight is 290 g/mol. The summed E-state index contributed by atoms with van der Waals surface area (Å²) < 4.78 is 0. The molecule has 1 aromatic carbocycles. The lowest BCUT2D eigenvalue weighted by Crippen LogP contribution is -2.42. The predicted octanol–water partition coefficient (Wildman–Crippen LogP) is 2.08. The Morgan fingerprint density at radius 2 is 1.90 bits per heavy atom. The summed E-state index contributed by atoms with van der Waals surface area (Å²) in [6, 6.07) is 10.5. The maximum atomic E-state index is 12.5. The minimum Gasteiger partial charge on any atom is -0.341 e. The van der Waals surface area contributed by atoms with Crippen LogP contribution in [0, 0.1) is 5.92 Å². The molecule has 0 radical (unpaired) electrons. The number of hydrogen-bond acceptors (Lipinski definition) is 3. The second kappa shape index (κ2) is 6.64. The van der Waals surface area contributed by atoms with Crippen molar-refractivity contribution in [2.24, 2.45) is 5.92 Å². The Morgan fingerprint density at radius 3 is 2.65 bits per heavy atom. The van der Waals surface area contributed by atoms with Crippen molar-refractivity contribution < 1.29 is 4.79 Å². The molecule has 1 atom stereocenters. The van der Waals surface area contributed by atoms with E-state index in [1.165, 1.54) is 5.56 Å². The quantitative estimate of drug-likeness (QED) is 0.851. The minimum absolute atomic E-state index is 0.224. The molecule has 1 unspecified atom stereocenters. The van der Waals surface area contributed by atoms with Crippen LogP contribution in [-0.4, -0.2) is 53.4 Å². The zero-order chi connectivity index (χ0) is 13.8. The fraction of sp³-hybridized carbons (Fsp3) is 0.562. The van der Waals surface area contributed by atoms with Crippen LogP contribution in [-0.2, 0) is 11.3 Å². The normalized spacial score (nSPS) is 24.0. The van der Waals surface area contributed by atoms with Crippen LogP contribution >= 0.6 is 11.8 Å². The largest absolute Gasteiger partial charge is 0.341 e. The number of carbonyl (C=O) groups excluding carboxylic acids is 1. The van der Waals surface area contributed by atoms with Crippen molar-refractivity contribution in [1.29, 1.82) is 0 Å². The van der Waals surface area contributed by atoms with E-state index in [2.05, 4.69) is 34.1 Å². The molecule has 4 heteroatoms. The van der Waals surface area contributed by atoms with Gasteiger partial charge in [0.05, 0.1) is 5.92 Å². The van der Waals surface area contributed by atoms with E-state index in [0.717, 1.165) is 50.7 Å². The number of carbonyl (C=O) groups is 1. The van der Waals surface area contributed by atoms with Gasteiger partial charge in [0.2, 0.25) is 5.91 Å². The van der Waals surface area contributed by atoms with Gasteiger partial charge in [0.1, 0.15) is 0 Å². The summed E-state index contributed by atoms with van der Waals surface area (Å²) in [6.45, 7) is 4.84. The van der Waals surface area contributed by atoms with Crippen molar-refractivity contribution in [3.05, 3.63) is 35.9 Å². The number of likely N-dealkylation sites (tertiary alicyclic amines) is 1. The zero-order valence-corrected chi connectivity index (χ0v) is 12.6. The van der Waals surface area contributed by atoms with Gasteiger partial charge in [-0.2, -0.15) is 11.8 Å². The monoisotopic (exact) mass is 290 g/mol. The van der Waals surface area contributed by atoms with Crippen LogP contribution in [0.1, 0.15) is 12.0 Å². The fourth-order valence-electron chi connectivity index (χ4n) is 3.06. The number of nitrogens with zero attached hydrogens (tertiary/aromatic N) is 2. The highest BCUT2D eigenvalue weighted by atomic mass is 32.2. The highest BCUT2D eigenvalue weighted by Crippen LogP contribution is 2.22. The second-order valence-electron chi connectivity index (χ2n) is 5.64. The number of rotatable bonds is 3. The smallest absolute Gasteiger partial charge is 0.227 e. The number of hydrogen-bond donors (Lipinski definition) is 0. The Morgan fingerprint density at radius 1 is 1.15 bits per heavy atom. The van der Waals surface area contributed by atoms with Crippen molar-refractivity contribution in [2.75, 3.05) is 37.7 Å². The van der Waals surface area contributed by atoms with E-state index >= 15 is 0 Å². The molecule has 0 aliphatic carbocycles. The first kappa shape index (κ1) is 14.0. The third-order valence-electron chi connectivity index (χ3n) is 4.19. The molecule has 2 aliphatic rings. The molecule has 20 heavy (non-hydrogen) atoms. The molecular formula is C16H22N2OS. The molecule has 2 saturated heterocycles. The molecule has 0 aromatic heterocycles. The Bertz CT molecular complexity index is 445. The first-order valence-electron chi connectivity index (χ1n) is 7.46. The van der Waals surface area contributed by atoms with Crippen LogP contribution in [0.4, 0.5) is 0 Å². The van der Waals surface area contributed by atoms with E-state index in [-0.39, 0.29) is 5.92 Å². The molecule has 0 saturated carbocycles. The molecule has 1 aromatic rings. The van der Waals surface area contributed by atoms with Gasteiger partial charge in [0.15, 0.2) is 0 Å². The van der Waals surface area contributed by atoms with Crippen LogP contribution in [0.2, 0.25) is 0 Å². The highest BCUT2D eigenvalue weighted by molar-refractivity contribution is 7.99. The van der Waals surface area contributed by atoms with Crippen molar-refractivity contribution >= 4 is 17.7 Å². The summed E-state index contributed by atoms with van der Waals surface area (Å²) in [6.07, 6.45) is 1.02. The third-order valence-corrected chi connectivity index (χ3v) is 5.14. The van der Waals surface area contributed by atoms with E-state index in [1.54, 1.807) is 0 Å². The first-order chi connectivity index (χ1) is 9.83. The van der Waals surface area contributed by atoms with Crippen LogP contribution in [0.15, 0.2) is 30.3 Å². The lowest BCUT2D eigenvalue weighted by atomic mass is 10.1. The summed E-state index contributed by atoms with van der Waals surface area (Å²) in [7, 11) is 0. The summed E-state index contributed by atoms with van der Waals surface area (Å²) in [5.41, 5.74) is 1.34. The summed E-state index contributed by atoms with van der Waals surface area (Å²) in [5.74, 6) is 2.82. The van der Waals surface area contributed by atoms with E-state index in [9.17, 15) is 4.79 Å². The Kier molecular flexibility index (Phi) is 4.63. The Balaban J connectivity index is 1.52. The number of benzene rings is 1. The summed E-state index contributed by atoms with van der Waals surface area (Å²) in [4.78, 5) is 17.0. The van der Waals surface area contributed by atoms with Gasteiger partial charge >= 0.3 is 0 Å². The summed E-state index contributed by atoms with van der Waals surface area (Å²) in [5, 5.41) is 0. The first-order valence-corrected chi connectivity index (χ1v) is 8.61. The van der Waals surface area contributed by atoms with Crippen molar-refractivity contribution in [3.63, 3.8) is 0 Å².